The Bertz CT molecular complexity index is 1510. The summed E-state index contributed by atoms with van der Waals surface area (Å²) in [5.74, 6) is 0.282. The Morgan fingerprint density at radius 3 is 1.62 bits per heavy atom. The average Bonchev–Trinajstić information content (AvgIpc) is 2.92. The molecule has 6 nitrogen and oxygen atoms in total. The van der Waals surface area contributed by atoms with Crippen LogP contribution in [-0.4, -0.2) is 31.1 Å². The average molecular weight is 619 g/mol. The molecule has 0 heterocycles. The molecule has 0 spiro atoms. The lowest BCUT2D eigenvalue weighted by Crippen LogP contribution is -2.27. The smallest absolute Gasteiger partial charge is 0.417 e. The molecule has 4 aromatic rings. The van der Waals surface area contributed by atoms with Crippen LogP contribution in [0.1, 0.15) is 26.3 Å². The van der Waals surface area contributed by atoms with E-state index in [9.17, 15) is 30.9 Å². The minimum Gasteiger partial charge on any atom is -0.744 e. The number of ether oxygens (including phenoxy) is 2. The predicted octanol–water partition coefficient (Wildman–Crippen LogP) is 7.11. The Balaban J connectivity index is 0.000000291. The number of hydrogen-bond donors (Lipinski definition) is 0. The molecular formula is C31H29F3O6S2. The van der Waals surface area contributed by atoms with Crippen LogP contribution in [0.4, 0.5) is 13.2 Å². The topological polar surface area (TPSA) is 92.7 Å². The molecule has 0 saturated heterocycles. The third-order valence-corrected chi connectivity index (χ3v) is 8.38. The number of esters is 1. The van der Waals surface area contributed by atoms with Crippen LogP contribution in [0.15, 0.2) is 129 Å². The van der Waals surface area contributed by atoms with Gasteiger partial charge in [0.1, 0.15) is 21.5 Å². The van der Waals surface area contributed by atoms with Crippen molar-refractivity contribution in [1.82, 2.24) is 0 Å². The van der Waals surface area contributed by atoms with Gasteiger partial charge in [-0.3, -0.25) is 0 Å². The number of carbonyl (C=O) groups is 1. The minimum atomic E-state index is -5.09. The van der Waals surface area contributed by atoms with Gasteiger partial charge >= 0.3 is 12.1 Å². The fraction of sp³-hybridized carbons (Fsp3) is 0.194. The summed E-state index contributed by atoms with van der Waals surface area (Å²) in [5.41, 5.74) is -1.95. The molecular weight excluding hydrogens is 589 g/mol. The van der Waals surface area contributed by atoms with Crippen molar-refractivity contribution >= 4 is 27.0 Å². The maximum Gasteiger partial charge on any atom is 0.417 e. The zero-order valence-corrected chi connectivity index (χ0v) is 24.6. The highest BCUT2D eigenvalue weighted by Crippen LogP contribution is 2.34. The Hall–Kier alpha value is -3.80. The molecule has 0 radical (unpaired) electrons. The standard InChI is InChI=1S/C24H25O3S.C7H5F3O3S/c1-24(2,3)27-23(25)18-26-19-14-16-22(17-15-19)28(20-10-6-4-7-11-20)21-12-8-5-9-13-21;8-7(9,10)5-3-1-2-4-6(5)14(11,12)13/h4-17H,18H2,1-3H3;1-4H,(H,11,12,13)/q+1;/p-1. The highest BCUT2D eigenvalue weighted by Gasteiger charge is 2.34. The summed E-state index contributed by atoms with van der Waals surface area (Å²) in [7, 11) is -5.28. The summed E-state index contributed by atoms with van der Waals surface area (Å²) < 4.78 is 78.7. The van der Waals surface area contributed by atoms with Gasteiger partial charge in [-0.25, -0.2) is 13.2 Å². The molecule has 42 heavy (non-hydrogen) atoms. The monoisotopic (exact) mass is 618 g/mol. The number of halogens is 3. The van der Waals surface area contributed by atoms with Gasteiger partial charge in [0.25, 0.3) is 0 Å². The molecule has 222 valence electrons. The van der Waals surface area contributed by atoms with Crippen LogP contribution in [0.2, 0.25) is 0 Å². The fourth-order valence-corrected chi connectivity index (χ4v) is 6.41. The van der Waals surface area contributed by atoms with Gasteiger partial charge in [-0.2, -0.15) is 13.2 Å². The number of rotatable bonds is 7. The molecule has 0 atom stereocenters. The van der Waals surface area contributed by atoms with Gasteiger partial charge in [0.15, 0.2) is 21.3 Å². The van der Waals surface area contributed by atoms with E-state index in [1.807, 2.05) is 45.0 Å². The van der Waals surface area contributed by atoms with E-state index in [1.165, 1.54) is 14.7 Å². The number of carbonyl (C=O) groups excluding carboxylic acids is 1. The number of alkyl halides is 3. The summed E-state index contributed by atoms with van der Waals surface area (Å²) in [6, 6.07) is 32.1. The van der Waals surface area contributed by atoms with Crippen LogP contribution >= 0.6 is 0 Å². The Morgan fingerprint density at radius 1 is 0.738 bits per heavy atom. The van der Waals surface area contributed by atoms with Crippen molar-refractivity contribution in [3.63, 3.8) is 0 Å². The lowest BCUT2D eigenvalue weighted by molar-refractivity contribution is -0.157. The summed E-state index contributed by atoms with van der Waals surface area (Å²) in [4.78, 5) is 14.3. The van der Waals surface area contributed by atoms with Crippen molar-refractivity contribution in [2.45, 2.75) is 52.1 Å². The number of benzene rings is 4. The van der Waals surface area contributed by atoms with E-state index < -0.39 is 32.4 Å². The van der Waals surface area contributed by atoms with E-state index in [-0.39, 0.29) is 23.5 Å². The molecule has 0 N–H and O–H groups in total. The maximum atomic E-state index is 12.2. The quantitative estimate of drug-likeness (QED) is 0.125. The van der Waals surface area contributed by atoms with E-state index in [4.69, 9.17) is 9.47 Å². The van der Waals surface area contributed by atoms with Crippen molar-refractivity contribution in [2.75, 3.05) is 6.61 Å². The molecule has 0 amide bonds. The number of hydrogen-bond acceptors (Lipinski definition) is 6. The van der Waals surface area contributed by atoms with Crippen LogP contribution in [0.25, 0.3) is 0 Å². The molecule has 0 unspecified atom stereocenters. The molecule has 0 aliphatic rings. The van der Waals surface area contributed by atoms with Crippen molar-refractivity contribution in [1.29, 1.82) is 0 Å². The van der Waals surface area contributed by atoms with E-state index in [0.29, 0.717) is 17.9 Å². The first kappa shape index (κ1) is 32.7. The predicted molar refractivity (Wildman–Crippen MR) is 152 cm³/mol. The van der Waals surface area contributed by atoms with Crippen molar-refractivity contribution in [3.05, 3.63) is 115 Å². The van der Waals surface area contributed by atoms with Gasteiger partial charge in [-0.05, 0) is 81.4 Å². The zero-order valence-electron chi connectivity index (χ0n) is 23.0. The molecule has 0 saturated carbocycles. The second-order valence-corrected chi connectivity index (χ2v) is 13.1. The van der Waals surface area contributed by atoms with Crippen molar-refractivity contribution < 1.29 is 40.4 Å². The van der Waals surface area contributed by atoms with Crippen LogP contribution < -0.4 is 4.74 Å². The molecule has 4 rings (SSSR count). The lowest BCUT2D eigenvalue weighted by Gasteiger charge is -2.19. The van der Waals surface area contributed by atoms with Gasteiger partial charge in [0.05, 0.1) is 21.4 Å². The largest absolute Gasteiger partial charge is 0.744 e. The first-order chi connectivity index (χ1) is 19.6. The zero-order chi connectivity index (χ0) is 31.0. The van der Waals surface area contributed by atoms with Crippen molar-refractivity contribution in [2.24, 2.45) is 0 Å². The highest BCUT2D eigenvalue weighted by molar-refractivity contribution is 7.97. The summed E-state index contributed by atoms with van der Waals surface area (Å²) in [6.45, 7) is 5.43. The molecule has 0 fully saturated rings. The Kier molecular flexibility index (Phi) is 10.8. The van der Waals surface area contributed by atoms with Crippen LogP contribution in [0, 0.1) is 0 Å². The molecule has 0 aromatic heterocycles. The fourth-order valence-electron chi connectivity index (χ4n) is 3.63. The minimum absolute atomic E-state index is 0.0975. The second-order valence-electron chi connectivity index (χ2n) is 9.73. The molecule has 4 aromatic carbocycles. The summed E-state index contributed by atoms with van der Waals surface area (Å²) >= 11 is 0. The van der Waals surface area contributed by atoms with E-state index >= 15 is 0 Å². The van der Waals surface area contributed by atoms with Gasteiger partial charge in [0.2, 0.25) is 0 Å². The first-order valence-corrected chi connectivity index (χ1v) is 15.2. The SMILES string of the molecule is CC(C)(C)OC(=O)COc1ccc([S+](c2ccccc2)c2ccccc2)cc1.O=S(=O)([O-])c1ccccc1C(F)(F)F. The highest BCUT2D eigenvalue weighted by atomic mass is 32.2. The van der Waals surface area contributed by atoms with Gasteiger partial charge in [0, 0.05) is 0 Å². The molecule has 0 aliphatic heterocycles. The van der Waals surface area contributed by atoms with Crippen LogP contribution in [-0.2, 0) is 36.7 Å². The Morgan fingerprint density at radius 2 is 1.19 bits per heavy atom. The Labute approximate surface area is 246 Å². The van der Waals surface area contributed by atoms with E-state index in [2.05, 4.69) is 60.7 Å². The van der Waals surface area contributed by atoms with Gasteiger partial charge < -0.3 is 14.0 Å². The maximum absolute atomic E-state index is 12.2. The van der Waals surface area contributed by atoms with Crippen LogP contribution in [0.3, 0.4) is 0 Å². The van der Waals surface area contributed by atoms with E-state index in [0.717, 1.165) is 12.1 Å². The third-order valence-electron chi connectivity index (χ3n) is 5.26. The molecule has 0 bridgehead atoms. The molecule has 11 heteroatoms. The van der Waals surface area contributed by atoms with Crippen molar-refractivity contribution in [3.8, 4) is 5.75 Å². The van der Waals surface area contributed by atoms with Gasteiger partial charge in [-0.1, -0.05) is 48.5 Å². The van der Waals surface area contributed by atoms with Gasteiger partial charge in [-0.15, -0.1) is 0 Å². The summed E-state index contributed by atoms with van der Waals surface area (Å²) in [6.07, 6.45) is -4.84. The first-order valence-electron chi connectivity index (χ1n) is 12.6. The third kappa shape index (κ3) is 9.93. The normalized spacial score (nSPS) is 11.8. The summed E-state index contributed by atoms with van der Waals surface area (Å²) in [5, 5.41) is 0. The van der Waals surface area contributed by atoms with E-state index in [1.54, 1.807) is 0 Å². The molecule has 0 aliphatic carbocycles. The second kappa shape index (κ2) is 13.9. The lowest BCUT2D eigenvalue weighted by atomic mass is 10.2. The van der Waals surface area contributed by atoms with Crippen LogP contribution in [0.5, 0.6) is 5.75 Å².